The third kappa shape index (κ3) is 13.0. The van der Waals surface area contributed by atoms with E-state index in [1.165, 1.54) is 9.80 Å². The Kier molecular flexibility index (Phi) is 15.5. The van der Waals surface area contributed by atoms with Crippen molar-refractivity contribution < 1.29 is 38.2 Å². The molecule has 11 nitrogen and oxygen atoms in total. The molecule has 0 bridgehead atoms. The molecule has 3 aromatic carbocycles. The highest BCUT2D eigenvalue weighted by atomic mass is 16.5. The summed E-state index contributed by atoms with van der Waals surface area (Å²) in [5, 5.41) is 2.45. The molecule has 250 valence electrons. The standard InChI is InChI=1S/C26H31N3O6.C10H12O2/c1-2-28(17-24(31)34-18-20-10-5-3-6-11-20)25(32)22-14-9-15-29(22)23(30)16-27-26(33)35-19-21-12-7-4-8-13-21;1-2-10(11)12-8-9-6-4-3-5-7-9/h3-8,10-13,22H,2,9,14-19H2,1H3,(H,27,33);3-7H,2,8H2,1H3. The van der Waals surface area contributed by atoms with Gasteiger partial charge < -0.3 is 29.3 Å². The Hall–Kier alpha value is -5.19. The fourth-order valence-electron chi connectivity index (χ4n) is 4.68. The number of benzene rings is 3. The molecule has 0 aliphatic carbocycles. The highest BCUT2D eigenvalue weighted by Gasteiger charge is 2.36. The van der Waals surface area contributed by atoms with Crippen LogP contribution in [0.2, 0.25) is 0 Å². The lowest BCUT2D eigenvalue weighted by atomic mass is 10.2. The number of hydrogen-bond donors (Lipinski definition) is 1. The third-order valence-corrected chi connectivity index (χ3v) is 7.24. The van der Waals surface area contributed by atoms with Gasteiger partial charge in [0.1, 0.15) is 39.0 Å². The van der Waals surface area contributed by atoms with Crippen LogP contribution in [0.25, 0.3) is 0 Å². The molecule has 0 saturated carbocycles. The van der Waals surface area contributed by atoms with Gasteiger partial charge in [-0.3, -0.25) is 19.2 Å². The van der Waals surface area contributed by atoms with Gasteiger partial charge in [0, 0.05) is 19.5 Å². The Morgan fingerprint density at radius 3 is 1.70 bits per heavy atom. The maximum Gasteiger partial charge on any atom is 0.407 e. The largest absolute Gasteiger partial charge is 0.461 e. The first kappa shape index (κ1) is 36.3. The number of carbonyl (C=O) groups is 5. The maximum atomic E-state index is 13.1. The molecular formula is C36H43N3O8. The smallest absolute Gasteiger partial charge is 0.407 e. The monoisotopic (exact) mass is 645 g/mol. The number of amides is 3. The normalized spacial score (nSPS) is 13.4. The van der Waals surface area contributed by atoms with Crippen LogP contribution in [0.5, 0.6) is 0 Å². The number of alkyl carbamates (subject to hydrolysis) is 1. The first-order valence-electron chi connectivity index (χ1n) is 15.7. The van der Waals surface area contributed by atoms with Gasteiger partial charge in [-0.1, -0.05) is 97.9 Å². The summed E-state index contributed by atoms with van der Waals surface area (Å²) < 4.78 is 15.4. The minimum atomic E-state index is -0.708. The predicted octanol–water partition coefficient (Wildman–Crippen LogP) is 4.64. The number of likely N-dealkylation sites (tertiary alicyclic amines) is 1. The molecule has 1 unspecified atom stereocenters. The van der Waals surface area contributed by atoms with E-state index in [2.05, 4.69) is 5.32 Å². The van der Waals surface area contributed by atoms with Gasteiger partial charge >= 0.3 is 18.0 Å². The van der Waals surface area contributed by atoms with Gasteiger partial charge in [-0.15, -0.1) is 0 Å². The molecule has 3 aromatic rings. The zero-order valence-electron chi connectivity index (χ0n) is 27.0. The lowest BCUT2D eigenvalue weighted by molar-refractivity contribution is -0.152. The Labute approximate surface area is 275 Å². The van der Waals surface area contributed by atoms with Crippen LogP contribution in [0, 0.1) is 0 Å². The van der Waals surface area contributed by atoms with Crippen LogP contribution in [0.4, 0.5) is 4.79 Å². The van der Waals surface area contributed by atoms with Crippen molar-refractivity contribution in [3.63, 3.8) is 0 Å². The van der Waals surface area contributed by atoms with Gasteiger partial charge in [0.15, 0.2) is 0 Å². The molecule has 11 heteroatoms. The van der Waals surface area contributed by atoms with Gasteiger partial charge in [-0.05, 0) is 36.5 Å². The third-order valence-electron chi connectivity index (χ3n) is 7.24. The molecule has 0 aromatic heterocycles. The Morgan fingerprint density at radius 2 is 1.21 bits per heavy atom. The minimum absolute atomic E-state index is 0.0948. The van der Waals surface area contributed by atoms with Crippen molar-refractivity contribution >= 4 is 29.8 Å². The van der Waals surface area contributed by atoms with E-state index >= 15 is 0 Å². The SMILES string of the molecule is CCC(=O)OCc1ccccc1.CCN(CC(=O)OCc1ccccc1)C(=O)C1CCCN1C(=O)CNC(=O)OCc1ccccc1. The van der Waals surface area contributed by atoms with Gasteiger partial charge in [-0.2, -0.15) is 0 Å². The average molecular weight is 646 g/mol. The van der Waals surface area contributed by atoms with Crippen molar-refractivity contribution in [3.8, 4) is 0 Å². The molecule has 1 aliphatic heterocycles. The Bertz CT molecular complexity index is 1420. The highest BCUT2D eigenvalue weighted by Crippen LogP contribution is 2.20. The van der Waals surface area contributed by atoms with Crippen molar-refractivity contribution in [3.05, 3.63) is 108 Å². The second-order valence-electron chi connectivity index (χ2n) is 10.7. The van der Waals surface area contributed by atoms with E-state index in [4.69, 9.17) is 14.2 Å². The molecule has 3 amide bonds. The first-order valence-corrected chi connectivity index (χ1v) is 15.7. The number of esters is 2. The quantitative estimate of drug-likeness (QED) is 0.210. The van der Waals surface area contributed by atoms with Gasteiger partial charge in [0.05, 0.1) is 0 Å². The molecule has 1 saturated heterocycles. The number of ether oxygens (including phenoxy) is 3. The fraction of sp³-hybridized carbons (Fsp3) is 0.361. The summed E-state index contributed by atoms with van der Waals surface area (Å²) in [6.45, 7) is 4.42. The number of likely N-dealkylation sites (N-methyl/N-ethyl adjacent to an activating group) is 1. The van der Waals surface area contributed by atoms with E-state index in [9.17, 15) is 24.0 Å². The molecule has 0 radical (unpaired) electrons. The van der Waals surface area contributed by atoms with Crippen LogP contribution < -0.4 is 5.32 Å². The van der Waals surface area contributed by atoms with E-state index in [0.717, 1.165) is 16.7 Å². The van der Waals surface area contributed by atoms with E-state index in [1.807, 2.05) is 91.0 Å². The van der Waals surface area contributed by atoms with E-state index in [1.54, 1.807) is 13.8 Å². The minimum Gasteiger partial charge on any atom is -0.461 e. The second-order valence-corrected chi connectivity index (χ2v) is 10.7. The Balaban J connectivity index is 0.000000420. The number of nitrogens with zero attached hydrogens (tertiary/aromatic N) is 2. The van der Waals surface area contributed by atoms with E-state index in [-0.39, 0.29) is 44.1 Å². The van der Waals surface area contributed by atoms with Gasteiger partial charge in [-0.25, -0.2) is 4.79 Å². The number of carbonyl (C=O) groups excluding carboxylic acids is 5. The number of rotatable bonds is 13. The number of hydrogen-bond acceptors (Lipinski definition) is 8. The van der Waals surface area contributed by atoms with E-state index < -0.39 is 18.1 Å². The van der Waals surface area contributed by atoms with Gasteiger partial charge in [0.25, 0.3) is 0 Å². The number of nitrogens with one attached hydrogen (secondary N) is 1. The van der Waals surface area contributed by atoms with Crippen LogP contribution in [0.3, 0.4) is 0 Å². The summed E-state index contributed by atoms with van der Waals surface area (Å²) in [5.74, 6) is -1.34. The van der Waals surface area contributed by atoms with Crippen molar-refractivity contribution in [2.75, 3.05) is 26.2 Å². The van der Waals surface area contributed by atoms with Crippen LogP contribution in [-0.4, -0.2) is 71.9 Å². The van der Waals surface area contributed by atoms with Crippen molar-refractivity contribution in [1.29, 1.82) is 0 Å². The molecule has 0 spiro atoms. The lowest BCUT2D eigenvalue weighted by Gasteiger charge is -2.29. The summed E-state index contributed by atoms with van der Waals surface area (Å²) in [6.07, 6.45) is 0.891. The molecule has 47 heavy (non-hydrogen) atoms. The molecule has 1 atom stereocenters. The second kappa shape index (κ2) is 20.0. The molecule has 1 N–H and O–H groups in total. The Morgan fingerprint density at radius 1 is 0.723 bits per heavy atom. The zero-order chi connectivity index (χ0) is 33.9. The topological polar surface area (TPSA) is 132 Å². The molecule has 4 rings (SSSR count). The summed E-state index contributed by atoms with van der Waals surface area (Å²) in [5.41, 5.74) is 2.72. The summed E-state index contributed by atoms with van der Waals surface area (Å²) in [6, 6.07) is 27.5. The molecule has 1 heterocycles. The molecule has 1 aliphatic rings. The van der Waals surface area contributed by atoms with Crippen LogP contribution in [-0.2, 0) is 53.2 Å². The highest BCUT2D eigenvalue weighted by molar-refractivity contribution is 5.91. The van der Waals surface area contributed by atoms with E-state index in [0.29, 0.717) is 39.0 Å². The van der Waals surface area contributed by atoms with Crippen molar-refractivity contribution in [2.24, 2.45) is 0 Å². The summed E-state index contributed by atoms with van der Waals surface area (Å²) >= 11 is 0. The molecular weight excluding hydrogens is 602 g/mol. The summed E-state index contributed by atoms with van der Waals surface area (Å²) in [7, 11) is 0. The summed E-state index contributed by atoms with van der Waals surface area (Å²) in [4.78, 5) is 63.7. The lowest BCUT2D eigenvalue weighted by Crippen LogP contribution is -2.51. The van der Waals surface area contributed by atoms with Crippen LogP contribution in [0.15, 0.2) is 91.0 Å². The fourth-order valence-corrected chi connectivity index (χ4v) is 4.68. The first-order chi connectivity index (χ1) is 22.8. The van der Waals surface area contributed by atoms with Crippen molar-refractivity contribution in [2.45, 2.75) is 59.0 Å². The maximum absolute atomic E-state index is 13.1. The zero-order valence-corrected chi connectivity index (χ0v) is 27.0. The van der Waals surface area contributed by atoms with Crippen molar-refractivity contribution in [1.82, 2.24) is 15.1 Å². The van der Waals surface area contributed by atoms with Crippen LogP contribution in [0.1, 0.15) is 49.8 Å². The predicted molar refractivity (Wildman–Crippen MR) is 174 cm³/mol. The average Bonchev–Trinajstić information content (AvgIpc) is 3.62. The van der Waals surface area contributed by atoms with Gasteiger partial charge in [0.2, 0.25) is 11.8 Å². The molecule has 1 fully saturated rings. The van der Waals surface area contributed by atoms with Crippen LogP contribution >= 0.6 is 0 Å².